The number of amides is 1. The Morgan fingerprint density at radius 2 is 2.33 bits per heavy atom. The van der Waals surface area contributed by atoms with Crippen molar-refractivity contribution in [2.45, 2.75) is 12.8 Å². The minimum atomic E-state index is -2.90. The van der Waals surface area contributed by atoms with E-state index in [0.29, 0.717) is 24.9 Å². The second kappa shape index (κ2) is 7.07. The molecule has 5 nitrogen and oxygen atoms in total. The summed E-state index contributed by atoms with van der Waals surface area (Å²) >= 11 is 1.37. The van der Waals surface area contributed by atoms with E-state index in [4.69, 9.17) is 5.11 Å². The lowest BCUT2D eigenvalue weighted by molar-refractivity contribution is 0.0949. The number of rotatable bonds is 4. The van der Waals surface area contributed by atoms with Gasteiger partial charge in [0.15, 0.2) is 9.84 Å². The molecule has 1 aliphatic heterocycles. The van der Waals surface area contributed by atoms with Gasteiger partial charge in [-0.1, -0.05) is 11.8 Å². The molecule has 2 rings (SSSR count). The minimum Gasteiger partial charge on any atom is -0.395 e. The zero-order chi connectivity index (χ0) is 15.3. The highest BCUT2D eigenvalue weighted by molar-refractivity contribution is 7.91. The Morgan fingerprint density at radius 1 is 1.52 bits per heavy atom. The molecule has 1 unspecified atom stereocenters. The molecule has 2 N–H and O–H groups in total. The van der Waals surface area contributed by atoms with Crippen LogP contribution in [-0.2, 0) is 9.84 Å². The van der Waals surface area contributed by atoms with Crippen molar-refractivity contribution in [2.75, 3.05) is 24.7 Å². The van der Waals surface area contributed by atoms with Crippen LogP contribution in [0.3, 0.4) is 0 Å². The summed E-state index contributed by atoms with van der Waals surface area (Å²) in [5.41, 5.74) is 0.536. The summed E-state index contributed by atoms with van der Waals surface area (Å²) in [5, 5.41) is 13.1. The molecule has 1 aliphatic rings. The highest BCUT2D eigenvalue weighted by atomic mass is 32.2. The van der Waals surface area contributed by atoms with Crippen LogP contribution in [0.1, 0.15) is 28.1 Å². The third kappa shape index (κ3) is 4.84. The van der Waals surface area contributed by atoms with E-state index >= 15 is 0 Å². The standard InChI is InChI=1S/C14H17NO4S2/c16-5-2-1-3-13-7-12(9-20-13)14(17)15-8-11-4-6-21(18,19)10-11/h7,9,11,16H,2,4-6,8,10H2,(H,15,17). The van der Waals surface area contributed by atoms with Crippen molar-refractivity contribution >= 4 is 27.1 Å². The van der Waals surface area contributed by atoms with Crippen molar-refractivity contribution in [3.8, 4) is 11.8 Å². The van der Waals surface area contributed by atoms with Crippen molar-refractivity contribution in [1.29, 1.82) is 0 Å². The zero-order valence-corrected chi connectivity index (χ0v) is 13.1. The Hall–Kier alpha value is -1.36. The molecule has 0 bridgehead atoms. The second-order valence-corrected chi connectivity index (χ2v) is 8.09. The Morgan fingerprint density at radius 3 is 3.00 bits per heavy atom. The molecule has 1 fully saturated rings. The summed E-state index contributed by atoms with van der Waals surface area (Å²) in [6, 6.07) is 1.70. The molecule has 7 heteroatoms. The second-order valence-electron chi connectivity index (χ2n) is 4.95. The number of aliphatic hydroxyl groups is 1. The van der Waals surface area contributed by atoms with E-state index in [2.05, 4.69) is 17.2 Å². The summed E-state index contributed by atoms with van der Waals surface area (Å²) in [4.78, 5) is 12.7. The van der Waals surface area contributed by atoms with Crippen LogP contribution in [0.2, 0.25) is 0 Å². The summed E-state index contributed by atoms with van der Waals surface area (Å²) in [5.74, 6) is 5.87. The van der Waals surface area contributed by atoms with Crippen LogP contribution in [0.4, 0.5) is 0 Å². The van der Waals surface area contributed by atoms with Gasteiger partial charge >= 0.3 is 0 Å². The quantitative estimate of drug-likeness (QED) is 0.795. The van der Waals surface area contributed by atoms with E-state index in [-0.39, 0.29) is 29.9 Å². The van der Waals surface area contributed by atoms with Gasteiger partial charge in [0.25, 0.3) is 5.91 Å². The lowest BCUT2D eigenvalue weighted by Gasteiger charge is -2.08. The van der Waals surface area contributed by atoms with Gasteiger partial charge in [0, 0.05) is 18.3 Å². The number of hydrogen-bond donors (Lipinski definition) is 2. The summed E-state index contributed by atoms with van der Waals surface area (Å²) in [7, 11) is -2.90. The summed E-state index contributed by atoms with van der Waals surface area (Å²) in [6.45, 7) is 0.412. The van der Waals surface area contributed by atoms with Gasteiger partial charge in [-0.05, 0) is 18.4 Å². The molecular formula is C14H17NO4S2. The maximum Gasteiger partial charge on any atom is 0.252 e. The SMILES string of the molecule is O=C(NCC1CCS(=O)(=O)C1)c1csc(C#CCCO)c1. The van der Waals surface area contributed by atoms with Gasteiger partial charge in [-0.15, -0.1) is 11.3 Å². The average Bonchev–Trinajstić information content (AvgIpc) is 3.03. The van der Waals surface area contributed by atoms with E-state index in [0.717, 1.165) is 4.88 Å². The molecule has 0 spiro atoms. The highest BCUT2D eigenvalue weighted by Crippen LogP contribution is 2.18. The van der Waals surface area contributed by atoms with Crippen molar-refractivity contribution < 1.29 is 18.3 Å². The molecule has 0 aliphatic carbocycles. The molecule has 1 saturated heterocycles. The largest absolute Gasteiger partial charge is 0.395 e. The third-order valence-electron chi connectivity index (χ3n) is 3.19. The predicted molar refractivity (Wildman–Crippen MR) is 82.0 cm³/mol. The van der Waals surface area contributed by atoms with Crippen LogP contribution in [0.5, 0.6) is 0 Å². The normalized spacial score (nSPS) is 19.8. The molecule has 2 heterocycles. The summed E-state index contributed by atoms with van der Waals surface area (Å²) < 4.78 is 22.7. The number of carbonyl (C=O) groups excluding carboxylic acids is 1. The minimum absolute atomic E-state index is 0.0152. The van der Waals surface area contributed by atoms with E-state index in [1.807, 2.05) is 0 Å². The van der Waals surface area contributed by atoms with Crippen molar-refractivity contribution in [3.63, 3.8) is 0 Å². The first-order valence-electron chi connectivity index (χ1n) is 6.67. The van der Waals surface area contributed by atoms with Gasteiger partial charge < -0.3 is 10.4 Å². The number of nitrogens with one attached hydrogen (secondary N) is 1. The molecule has 0 radical (unpaired) electrons. The monoisotopic (exact) mass is 327 g/mol. The molecule has 1 aromatic heterocycles. The summed E-state index contributed by atoms with van der Waals surface area (Å²) in [6.07, 6.45) is 1.03. The fourth-order valence-corrected chi connectivity index (χ4v) is 4.72. The maximum absolute atomic E-state index is 12.0. The first-order valence-corrected chi connectivity index (χ1v) is 9.37. The van der Waals surface area contributed by atoms with Gasteiger partial charge in [-0.3, -0.25) is 4.79 Å². The predicted octanol–water partition coefficient (Wildman–Crippen LogP) is 0.647. The molecule has 1 aromatic rings. The van der Waals surface area contributed by atoms with Gasteiger partial charge in [-0.25, -0.2) is 8.42 Å². The first-order chi connectivity index (χ1) is 10.00. The number of sulfone groups is 1. The Bertz CT molecular complexity index is 667. The van der Waals surface area contributed by atoms with Gasteiger partial charge in [0.1, 0.15) is 0 Å². The van der Waals surface area contributed by atoms with Crippen LogP contribution < -0.4 is 5.32 Å². The van der Waals surface area contributed by atoms with Gasteiger partial charge in [0.05, 0.1) is 28.6 Å². The van der Waals surface area contributed by atoms with Crippen molar-refractivity contribution in [1.82, 2.24) is 5.32 Å². The molecule has 1 atom stereocenters. The molecule has 0 saturated carbocycles. The van der Waals surface area contributed by atoms with E-state index in [1.165, 1.54) is 11.3 Å². The molecular weight excluding hydrogens is 310 g/mol. The molecule has 0 aromatic carbocycles. The van der Waals surface area contributed by atoms with Gasteiger partial charge in [0.2, 0.25) is 0 Å². The number of aliphatic hydroxyl groups excluding tert-OH is 1. The lowest BCUT2D eigenvalue weighted by Crippen LogP contribution is -2.29. The van der Waals surface area contributed by atoms with Crippen LogP contribution in [0.15, 0.2) is 11.4 Å². The molecule has 114 valence electrons. The molecule has 1 amide bonds. The van der Waals surface area contributed by atoms with Crippen molar-refractivity contribution in [3.05, 3.63) is 21.9 Å². The number of carbonyl (C=O) groups is 1. The Kier molecular flexibility index (Phi) is 5.39. The van der Waals surface area contributed by atoms with Crippen molar-refractivity contribution in [2.24, 2.45) is 5.92 Å². The Labute approximate surface area is 128 Å². The van der Waals surface area contributed by atoms with Crippen LogP contribution in [0.25, 0.3) is 0 Å². The Balaban J connectivity index is 1.85. The third-order valence-corrected chi connectivity index (χ3v) is 5.87. The van der Waals surface area contributed by atoms with Crippen LogP contribution in [0, 0.1) is 17.8 Å². The van der Waals surface area contributed by atoms with Crippen LogP contribution in [-0.4, -0.2) is 44.1 Å². The lowest BCUT2D eigenvalue weighted by atomic mass is 10.1. The fraction of sp³-hybridized carbons (Fsp3) is 0.500. The van der Waals surface area contributed by atoms with E-state index in [9.17, 15) is 13.2 Å². The topological polar surface area (TPSA) is 83.5 Å². The first kappa shape index (κ1) is 16.0. The number of hydrogen-bond acceptors (Lipinski definition) is 5. The maximum atomic E-state index is 12.0. The smallest absolute Gasteiger partial charge is 0.252 e. The zero-order valence-electron chi connectivity index (χ0n) is 11.5. The van der Waals surface area contributed by atoms with E-state index < -0.39 is 9.84 Å². The fourth-order valence-electron chi connectivity index (χ4n) is 2.10. The molecule has 21 heavy (non-hydrogen) atoms. The van der Waals surface area contributed by atoms with E-state index in [1.54, 1.807) is 11.4 Å². The van der Waals surface area contributed by atoms with Gasteiger partial charge in [-0.2, -0.15) is 0 Å². The number of thiophene rings is 1. The van der Waals surface area contributed by atoms with Crippen LogP contribution >= 0.6 is 11.3 Å². The average molecular weight is 327 g/mol. The highest BCUT2D eigenvalue weighted by Gasteiger charge is 2.28.